The van der Waals surface area contributed by atoms with Crippen molar-refractivity contribution in [2.45, 2.75) is 57.7 Å². The van der Waals surface area contributed by atoms with Gasteiger partial charge in [-0.1, -0.05) is 6.92 Å². The van der Waals surface area contributed by atoms with Gasteiger partial charge < -0.3 is 5.32 Å². The third-order valence-corrected chi connectivity index (χ3v) is 5.47. The number of rotatable bonds is 8. The Balaban J connectivity index is 2.09. The average Bonchev–Trinajstić information content (AvgIpc) is 2.97. The van der Waals surface area contributed by atoms with Gasteiger partial charge in [0.1, 0.15) is 0 Å². The molecule has 0 bridgehead atoms. The van der Waals surface area contributed by atoms with E-state index in [4.69, 9.17) is 0 Å². The summed E-state index contributed by atoms with van der Waals surface area (Å²) in [6.07, 6.45) is 4.43. The van der Waals surface area contributed by atoms with Crippen LogP contribution in [-0.2, 0) is 9.84 Å². The monoisotopic (exact) mass is 247 g/mol. The molecule has 0 saturated heterocycles. The first-order chi connectivity index (χ1) is 7.42. The van der Waals surface area contributed by atoms with E-state index in [1.807, 2.05) is 0 Å². The van der Waals surface area contributed by atoms with Crippen LogP contribution in [0.15, 0.2) is 0 Å². The van der Waals surface area contributed by atoms with Gasteiger partial charge in [0.2, 0.25) is 0 Å². The van der Waals surface area contributed by atoms with E-state index in [-0.39, 0.29) is 5.25 Å². The fraction of sp³-hybridized carbons (Fsp3) is 1.00. The molecule has 1 aliphatic carbocycles. The quantitative estimate of drug-likeness (QED) is 0.713. The molecule has 0 spiro atoms. The molecule has 4 heteroatoms. The maximum atomic E-state index is 11.6. The smallest absolute Gasteiger partial charge is 0.152 e. The van der Waals surface area contributed by atoms with Gasteiger partial charge in [0.15, 0.2) is 9.84 Å². The third-order valence-electron chi connectivity index (χ3n) is 3.18. The van der Waals surface area contributed by atoms with Crippen molar-refractivity contribution in [1.29, 1.82) is 0 Å². The lowest BCUT2D eigenvalue weighted by atomic mass is 10.1. The van der Waals surface area contributed by atoms with Gasteiger partial charge in [-0.25, -0.2) is 8.42 Å². The molecular weight excluding hydrogens is 222 g/mol. The summed E-state index contributed by atoms with van der Waals surface area (Å²) >= 11 is 0. The molecular formula is C12H25NO2S. The molecule has 0 aromatic rings. The highest BCUT2D eigenvalue weighted by Gasteiger charge is 2.21. The van der Waals surface area contributed by atoms with Crippen LogP contribution in [0, 0.1) is 5.92 Å². The molecule has 0 amide bonds. The van der Waals surface area contributed by atoms with Crippen molar-refractivity contribution in [3.05, 3.63) is 0 Å². The van der Waals surface area contributed by atoms with Crippen molar-refractivity contribution < 1.29 is 8.42 Å². The zero-order valence-corrected chi connectivity index (χ0v) is 11.5. The zero-order chi connectivity index (χ0) is 12.2. The molecule has 0 aliphatic heterocycles. The Hall–Kier alpha value is -0.0900. The van der Waals surface area contributed by atoms with E-state index in [1.165, 1.54) is 12.8 Å². The Morgan fingerprint density at radius 1 is 1.25 bits per heavy atom. The molecule has 16 heavy (non-hydrogen) atoms. The summed E-state index contributed by atoms with van der Waals surface area (Å²) in [5, 5.41) is 3.25. The van der Waals surface area contributed by atoms with E-state index >= 15 is 0 Å². The first kappa shape index (κ1) is 14.0. The zero-order valence-electron chi connectivity index (χ0n) is 10.7. The lowest BCUT2D eigenvalue weighted by Gasteiger charge is -2.13. The lowest BCUT2D eigenvalue weighted by Crippen LogP contribution is -2.24. The Kier molecular flexibility index (Phi) is 5.25. The summed E-state index contributed by atoms with van der Waals surface area (Å²) in [6.45, 7) is 6.74. The van der Waals surface area contributed by atoms with Crippen molar-refractivity contribution in [2.75, 3.05) is 12.3 Å². The Labute approximate surface area is 99.9 Å². The Morgan fingerprint density at radius 3 is 2.38 bits per heavy atom. The van der Waals surface area contributed by atoms with Crippen LogP contribution in [0.3, 0.4) is 0 Å². The molecule has 96 valence electrons. The third kappa shape index (κ3) is 5.30. The molecule has 0 aromatic heterocycles. The predicted octanol–water partition coefficient (Wildman–Crippen LogP) is 1.98. The minimum atomic E-state index is -2.83. The van der Waals surface area contributed by atoms with Crippen molar-refractivity contribution in [3.8, 4) is 0 Å². The maximum absolute atomic E-state index is 11.6. The second-order valence-electron chi connectivity index (χ2n) is 5.35. The fourth-order valence-corrected chi connectivity index (χ4v) is 2.67. The van der Waals surface area contributed by atoms with E-state index in [2.05, 4.69) is 12.2 Å². The SMILES string of the molecule is CC(CCCS(=O)(=O)C(C)C)CNC1CC1. The topological polar surface area (TPSA) is 46.2 Å². The maximum Gasteiger partial charge on any atom is 0.152 e. The highest BCUT2D eigenvalue weighted by molar-refractivity contribution is 7.91. The molecule has 1 aliphatic rings. The van der Waals surface area contributed by atoms with Crippen LogP contribution in [-0.4, -0.2) is 32.0 Å². The summed E-state index contributed by atoms with van der Waals surface area (Å²) < 4.78 is 23.1. The lowest BCUT2D eigenvalue weighted by molar-refractivity contribution is 0.473. The molecule has 1 saturated carbocycles. The summed E-state index contributed by atoms with van der Waals surface area (Å²) in [4.78, 5) is 0. The van der Waals surface area contributed by atoms with E-state index in [9.17, 15) is 8.42 Å². The van der Waals surface area contributed by atoms with Gasteiger partial charge in [-0.15, -0.1) is 0 Å². The minimum absolute atomic E-state index is 0.229. The van der Waals surface area contributed by atoms with Gasteiger partial charge in [-0.3, -0.25) is 0 Å². The van der Waals surface area contributed by atoms with E-state index in [0.29, 0.717) is 11.7 Å². The molecule has 3 nitrogen and oxygen atoms in total. The van der Waals surface area contributed by atoms with Gasteiger partial charge in [0.25, 0.3) is 0 Å². The van der Waals surface area contributed by atoms with Crippen LogP contribution in [0.4, 0.5) is 0 Å². The van der Waals surface area contributed by atoms with Crippen LogP contribution in [0.2, 0.25) is 0 Å². The number of hydrogen-bond acceptors (Lipinski definition) is 3. The summed E-state index contributed by atoms with van der Waals surface area (Å²) in [7, 11) is -2.83. The average molecular weight is 247 g/mol. The fourth-order valence-electron chi connectivity index (χ4n) is 1.63. The molecule has 1 rings (SSSR count). The van der Waals surface area contributed by atoms with Gasteiger partial charge in [-0.2, -0.15) is 0 Å². The largest absolute Gasteiger partial charge is 0.314 e. The van der Waals surface area contributed by atoms with E-state index in [0.717, 1.165) is 25.4 Å². The van der Waals surface area contributed by atoms with Gasteiger partial charge >= 0.3 is 0 Å². The second-order valence-corrected chi connectivity index (χ2v) is 8.02. The highest BCUT2D eigenvalue weighted by Crippen LogP contribution is 2.19. The van der Waals surface area contributed by atoms with Gasteiger partial charge in [0.05, 0.1) is 11.0 Å². The van der Waals surface area contributed by atoms with Gasteiger partial charge in [0, 0.05) is 6.04 Å². The van der Waals surface area contributed by atoms with E-state index < -0.39 is 9.84 Å². The van der Waals surface area contributed by atoms with Crippen molar-refractivity contribution in [2.24, 2.45) is 5.92 Å². The summed E-state index contributed by atoms with van der Waals surface area (Å²) in [5.41, 5.74) is 0. The summed E-state index contributed by atoms with van der Waals surface area (Å²) in [6, 6.07) is 0.752. The van der Waals surface area contributed by atoms with E-state index in [1.54, 1.807) is 13.8 Å². The van der Waals surface area contributed by atoms with Crippen molar-refractivity contribution in [1.82, 2.24) is 5.32 Å². The molecule has 0 aromatic carbocycles. The predicted molar refractivity (Wildman–Crippen MR) is 68.3 cm³/mol. The molecule has 0 heterocycles. The Bertz CT molecular complexity index is 294. The van der Waals surface area contributed by atoms with Crippen molar-refractivity contribution in [3.63, 3.8) is 0 Å². The number of hydrogen-bond donors (Lipinski definition) is 1. The molecule has 1 fully saturated rings. The minimum Gasteiger partial charge on any atom is -0.314 e. The van der Waals surface area contributed by atoms with Crippen LogP contribution in [0.5, 0.6) is 0 Å². The number of nitrogens with one attached hydrogen (secondary N) is 1. The van der Waals surface area contributed by atoms with Gasteiger partial charge in [-0.05, 0) is 52.0 Å². The van der Waals surface area contributed by atoms with Crippen molar-refractivity contribution >= 4 is 9.84 Å². The number of sulfone groups is 1. The Morgan fingerprint density at radius 2 is 1.88 bits per heavy atom. The standard InChI is InChI=1S/C12H25NO2S/c1-10(2)16(14,15)8-4-5-11(3)9-13-12-6-7-12/h10-13H,4-9H2,1-3H3. The summed E-state index contributed by atoms with van der Waals surface area (Å²) in [5.74, 6) is 0.932. The molecule has 1 N–H and O–H groups in total. The van der Waals surface area contributed by atoms with Crippen LogP contribution in [0.1, 0.15) is 46.5 Å². The highest BCUT2D eigenvalue weighted by atomic mass is 32.2. The second kappa shape index (κ2) is 6.01. The van der Waals surface area contributed by atoms with Crippen LogP contribution in [0.25, 0.3) is 0 Å². The first-order valence-corrected chi connectivity index (χ1v) is 8.08. The normalized spacial score (nSPS) is 19.0. The molecule has 0 radical (unpaired) electrons. The molecule has 1 unspecified atom stereocenters. The van der Waals surface area contributed by atoms with Crippen LogP contribution < -0.4 is 5.32 Å². The molecule has 1 atom stereocenters. The van der Waals surface area contributed by atoms with Crippen LogP contribution >= 0.6 is 0 Å². The first-order valence-electron chi connectivity index (χ1n) is 6.36.